The number of amides is 3. The Morgan fingerprint density at radius 1 is 1.04 bits per heavy atom. The summed E-state index contributed by atoms with van der Waals surface area (Å²) < 4.78 is 0. The molecule has 0 bridgehead atoms. The van der Waals surface area contributed by atoms with Gasteiger partial charge in [-0.15, -0.1) is 11.3 Å². The Labute approximate surface area is 159 Å². The summed E-state index contributed by atoms with van der Waals surface area (Å²) in [4.78, 5) is 28.2. The minimum Gasteiger partial charge on any atom is -0.347 e. The van der Waals surface area contributed by atoms with Crippen molar-refractivity contribution < 1.29 is 9.59 Å². The normalized spacial score (nSPS) is 10.2. The molecule has 0 saturated heterocycles. The third-order valence-electron chi connectivity index (χ3n) is 3.34. The van der Waals surface area contributed by atoms with Gasteiger partial charge in [0.1, 0.15) is 5.69 Å². The van der Waals surface area contributed by atoms with Crippen molar-refractivity contribution in [2.45, 2.75) is 6.54 Å². The Morgan fingerprint density at radius 2 is 1.85 bits per heavy atom. The first-order valence-electron chi connectivity index (χ1n) is 7.71. The van der Waals surface area contributed by atoms with Crippen LogP contribution in [0.3, 0.4) is 0 Å². The van der Waals surface area contributed by atoms with Gasteiger partial charge in [-0.3, -0.25) is 10.1 Å². The van der Waals surface area contributed by atoms with Gasteiger partial charge in [-0.2, -0.15) is 0 Å². The van der Waals surface area contributed by atoms with Crippen LogP contribution in [-0.2, 0) is 6.54 Å². The van der Waals surface area contributed by atoms with Gasteiger partial charge in [0.05, 0.1) is 0 Å². The van der Waals surface area contributed by atoms with Gasteiger partial charge < -0.3 is 10.6 Å². The highest BCUT2D eigenvalue weighted by atomic mass is 35.5. The highest BCUT2D eigenvalue weighted by Crippen LogP contribution is 2.18. The van der Waals surface area contributed by atoms with Crippen LogP contribution in [0.4, 0.5) is 15.6 Å². The Balaban J connectivity index is 1.53. The number of carbonyl (C=O) groups excluding carboxylic acids is 2. The fourth-order valence-corrected chi connectivity index (χ4v) is 3.01. The average Bonchev–Trinajstić information content (AvgIpc) is 3.09. The average molecular weight is 387 g/mol. The Bertz CT molecular complexity index is 914. The van der Waals surface area contributed by atoms with Gasteiger partial charge >= 0.3 is 6.03 Å². The Hall–Kier alpha value is -2.90. The molecule has 6 nitrogen and oxygen atoms in total. The fourth-order valence-electron chi connectivity index (χ4n) is 2.13. The lowest BCUT2D eigenvalue weighted by molar-refractivity contribution is 0.0946. The lowest BCUT2D eigenvalue weighted by Crippen LogP contribution is -2.23. The van der Waals surface area contributed by atoms with E-state index in [1.807, 2.05) is 30.3 Å². The highest BCUT2D eigenvalue weighted by molar-refractivity contribution is 7.14. The third-order valence-corrected chi connectivity index (χ3v) is 4.33. The second-order valence-corrected chi connectivity index (χ2v) is 6.59. The van der Waals surface area contributed by atoms with E-state index in [1.54, 1.807) is 29.6 Å². The molecule has 0 atom stereocenters. The van der Waals surface area contributed by atoms with E-state index in [2.05, 4.69) is 20.9 Å². The summed E-state index contributed by atoms with van der Waals surface area (Å²) in [7, 11) is 0. The van der Waals surface area contributed by atoms with Crippen LogP contribution in [0.2, 0.25) is 5.02 Å². The summed E-state index contributed by atoms with van der Waals surface area (Å²) in [5.74, 6) is -0.298. The SMILES string of the molecule is O=C(Nc1cccc(Cl)c1)Nc1nc(C(=O)NCc2ccccc2)cs1. The molecular formula is C18H15ClN4O2S. The molecule has 132 valence electrons. The van der Waals surface area contributed by atoms with E-state index in [0.29, 0.717) is 22.4 Å². The molecule has 26 heavy (non-hydrogen) atoms. The zero-order valence-corrected chi connectivity index (χ0v) is 15.1. The number of benzene rings is 2. The monoisotopic (exact) mass is 386 g/mol. The van der Waals surface area contributed by atoms with Crippen LogP contribution in [0, 0.1) is 0 Å². The van der Waals surface area contributed by atoms with Crippen molar-refractivity contribution in [2.24, 2.45) is 0 Å². The second-order valence-electron chi connectivity index (χ2n) is 5.30. The van der Waals surface area contributed by atoms with Gasteiger partial charge in [0.2, 0.25) is 0 Å². The van der Waals surface area contributed by atoms with Gasteiger partial charge in [0.25, 0.3) is 5.91 Å². The van der Waals surface area contributed by atoms with Crippen molar-refractivity contribution in [1.29, 1.82) is 0 Å². The van der Waals surface area contributed by atoms with Crippen molar-refractivity contribution in [3.8, 4) is 0 Å². The molecular weight excluding hydrogens is 372 g/mol. The first-order valence-corrected chi connectivity index (χ1v) is 8.97. The largest absolute Gasteiger partial charge is 0.347 e. The number of aromatic nitrogens is 1. The summed E-state index contributed by atoms with van der Waals surface area (Å²) in [6.07, 6.45) is 0. The maximum absolute atomic E-state index is 12.1. The van der Waals surface area contributed by atoms with Crippen LogP contribution >= 0.6 is 22.9 Å². The molecule has 3 amide bonds. The molecule has 0 aliphatic carbocycles. The number of anilines is 2. The van der Waals surface area contributed by atoms with E-state index < -0.39 is 6.03 Å². The standard InChI is InChI=1S/C18H15ClN4O2S/c19-13-7-4-8-14(9-13)21-17(25)23-18-22-15(11-26-18)16(24)20-10-12-5-2-1-3-6-12/h1-9,11H,10H2,(H,20,24)(H2,21,22,23,25). The molecule has 0 aliphatic rings. The first kappa shape index (κ1) is 17.9. The molecule has 3 rings (SSSR count). The van der Waals surface area contributed by atoms with Crippen molar-refractivity contribution >= 4 is 45.7 Å². The van der Waals surface area contributed by atoms with Gasteiger partial charge in [-0.05, 0) is 23.8 Å². The number of hydrogen-bond acceptors (Lipinski definition) is 4. The summed E-state index contributed by atoms with van der Waals surface area (Å²) >= 11 is 7.05. The molecule has 3 aromatic rings. The number of rotatable bonds is 5. The first-order chi connectivity index (χ1) is 12.6. The predicted molar refractivity (Wildman–Crippen MR) is 104 cm³/mol. The molecule has 2 aromatic carbocycles. The smallest absolute Gasteiger partial charge is 0.325 e. The topological polar surface area (TPSA) is 83.1 Å². The van der Waals surface area contributed by atoms with Crippen LogP contribution < -0.4 is 16.0 Å². The highest BCUT2D eigenvalue weighted by Gasteiger charge is 2.12. The second kappa shape index (κ2) is 8.46. The Morgan fingerprint density at radius 3 is 2.62 bits per heavy atom. The number of urea groups is 1. The molecule has 0 saturated carbocycles. The molecule has 0 aliphatic heterocycles. The fraction of sp³-hybridized carbons (Fsp3) is 0.0556. The molecule has 8 heteroatoms. The van der Waals surface area contributed by atoms with Crippen LogP contribution in [0.5, 0.6) is 0 Å². The quantitative estimate of drug-likeness (QED) is 0.608. The molecule has 0 unspecified atom stereocenters. The molecule has 1 aromatic heterocycles. The van der Waals surface area contributed by atoms with Crippen LogP contribution in [0.15, 0.2) is 60.0 Å². The number of nitrogens with zero attached hydrogens (tertiary/aromatic N) is 1. The lowest BCUT2D eigenvalue weighted by atomic mass is 10.2. The third kappa shape index (κ3) is 5.05. The van der Waals surface area contributed by atoms with Crippen LogP contribution in [-0.4, -0.2) is 16.9 Å². The molecule has 3 N–H and O–H groups in total. The predicted octanol–water partition coefficient (Wildman–Crippen LogP) is 4.37. The number of carbonyl (C=O) groups is 2. The van der Waals surface area contributed by atoms with Gasteiger partial charge in [0.15, 0.2) is 5.13 Å². The minimum atomic E-state index is -0.460. The van der Waals surface area contributed by atoms with E-state index in [4.69, 9.17) is 11.6 Å². The van der Waals surface area contributed by atoms with Crippen molar-refractivity contribution in [2.75, 3.05) is 10.6 Å². The van der Waals surface area contributed by atoms with Crippen molar-refractivity contribution in [3.05, 3.63) is 76.3 Å². The number of thiazole rings is 1. The van der Waals surface area contributed by atoms with E-state index in [0.717, 1.165) is 5.56 Å². The Kier molecular flexibility index (Phi) is 5.83. The van der Waals surface area contributed by atoms with Gasteiger partial charge in [-0.25, -0.2) is 9.78 Å². The summed E-state index contributed by atoms with van der Waals surface area (Å²) in [6, 6.07) is 15.9. The van der Waals surface area contributed by atoms with E-state index in [-0.39, 0.29) is 11.6 Å². The van der Waals surface area contributed by atoms with Crippen molar-refractivity contribution in [3.63, 3.8) is 0 Å². The van der Waals surface area contributed by atoms with Gasteiger partial charge in [-0.1, -0.05) is 48.0 Å². The van der Waals surface area contributed by atoms with Crippen LogP contribution in [0.1, 0.15) is 16.1 Å². The van der Waals surface area contributed by atoms with E-state index in [9.17, 15) is 9.59 Å². The lowest BCUT2D eigenvalue weighted by Gasteiger charge is -2.05. The number of halogens is 1. The van der Waals surface area contributed by atoms with Gasteiger partial charge in [0, 0.05) is 22.6 Å². The zero-order chi connectivity index (χ0) is 18.4. The zero-order valence-electron chi connectivity index (χ0n) is 13.5. The summed E-state index contributed by atoms with van der Waals surface area (Å²) in [5.41, 5.74) is 1.81. The molecule has 0 radical (unpaired) electrons. The molecule has 0 fully saturated rings. The maximum atomic E-state index is 12.1. The minimum absolute atomic E-state index is 0.254. The summed E-state index contributed by atoms with van der Waals surface area (Å²) in [6.45, 7) is 0.412. The molecule has 0 spiro atoms. The van der Waals surface area contributed by atoms with Crippen LogP contribution in [0.25, 0.3) is 0 Å². The van der Waals surface area contributed by atoms with E-state index in [1.165, 1.54) is 11.3 Å². The van der Waals surface area contributed by atoms with Crippen molar-refractivity contribution in [1.82, 2.24) is 10.3 Å². The summed E-state index contributed by atoms with van der Waals surface area (Å²) in [5, 5.41) is 10.5. The molecule has 1 heterocycles. The maximum Gasteiger partial charge on any atom is 0.325 e. The number of nitrogens with one attached hydrogen (secondary N) is 3. The van der Waals surface area contributed by atoms with E-state index >= 15 is 0 Å². The number of hydrogen-bond donors (Lipinski definition) is 3.